The summed E-state index contributed by atoms with van der Waals surface area (Å²) in [5.74, 6) is 3.94. The van der Waals surface area contributed by atoms with Gasteiger partial charge in [0.2, 0.25) is 0 Å². The average Bonchev–Trinajstić information content (AvgIpc) is 2.87. The predicted octanol–water partition coefficient (Wildman–Crippen LogP) is 0.671. The van der Waals surface area contributed by atoms with E-state index < -0.39 is 17.6 Å². The number of primary amides is 1. The number of nitrogens with two attached hydrogens (primary N) is 2. The Kier molecular flexibility index (Phi) is 3.32. The van der Waals surface area contributed by atoms with Crippen LogP contribution < -0.4 is 17.0 Å². The lowest BCUT2D eigenvalue weighted by atomic mass is 10.2. The zero-order chi connectivity index (χ0) is 14.9. The molecule has 0 atom stereocenters. The molecule has 5 N–H and O–H groups in total. The van der Waals surface area contributed by atoms with Crippen LogP contribution in [0.25, 0.3) is 5.82 Å². The quantitative estimate of drug-likeness (QED) is 0.567. The first kappa shape index (κ1) is 13.8. The second kappa shape index (κ2) is 4.81. The predicted molar refractivity (Wildman–Crippen MR) is 62.7 cm³/mol. The Morgan fingerprint density at radius 2 is 2.05 bits per heavy atom. The van der Waals surface area contributed by atoms with Gasteiger partial charge in [0, 0.05) is 6.20 Å². The minimum atomic E-state index is -4.57. The number of anilines is 1. The molecule has 0 bridgehead atoms. The van der Waals surface area contributed by atoms with Crippen LogP contribution in [0.4, 0.5) is 19.0 Å². The molecule has 20 heavy (non-hydrogen) atoms. The van der Waals surface area contributed by atoms with Crippen molar-refractivity contribution in [1.82, 2.24) is 14.8 Å². The highest BCUT2D eigenvalue weighted by Gasteiger charge is 2.32. The van der Waals surface area contributed by atoms with Gasteiger partial charge in [-0.05, 0) is 18.2 Å². The van der Waals surface area contributed by atoms with E-state index in [9.17, 15) is 18.0 Å². The zero-order valence-corrected chi connectivity index (χ0v) is 9.85. The van der Waals surface area contributed by atoms with E-state index >= 15 is 0 Å². The lowest BCUT2D eigenvalue weighted by molar-refractivity contribution is -0.137. The number of halogens is 3. The van der Waals surface area contributed by atoms with Gasteiger partial charge in [-0.3, -0.25) is 4.79 Å². The van der Waals surface area contributed by atoms with Crippen molar-refractivity contribution in [3.63, 3.8) is 0 Å². The summed E-state index contributed by atoms with van der Waals surface area (Å²) in [6, 6.07) is 2.79. The number of amides is 1. The maximum Gasteiger partial charge on any atom is 0.416 e. The minimum absolute atomic E-state index is 0.0912. The van der Waals surface area contributed by atoms with E-state index in [4.69, 9.17) is 11.6 Å². The largest absolute Gasteiger partial charge is 0.416 e. The van der Waals surface area contributed by atoms with Crippen molar-refractivity contribution < 1.29 is 18.0 Å². The molecule has 0 fully saturated rings. The number of pyridine rings is 1. The Balaban J connectivity index is 2.52. The lowest BCUT2D eigenvalue weighted by Gasteiger charge is -2.10. The van der Waals surface area contributed by atoms with Gasteiger partial charge in [0.05, 0.1) is 5.56 Å². The summed E-state index contributed by atoms with van der Waals surface area (Å²) in [6.45, 7) is 0. The van der Waals surface area contributed by atoms with Crippen molar-refractivity contribution in [2.45, 2.75) is 6.18 Å². The number of hydrazine groups is 1. The van der Waals surface area contributed by atoms with E-state index in [1.54, 1.807) is 0 Å². The third-order valence-corrected chi connectivity index (χ3v) is 2.36. The maximum atomic E-state index is 12.7. The highest BCUT2D eigenvalue weighted by atomic mass is 19.4. The highest BCUT2D eigenvalue weighted by molar-refractivity contribution is 5.90. The highest BCUT2D eigenvalue weighted by Crippen LogP contribution is 2.31. The summed E-state index contributed by atoms with van der Waals surface area (Å²) in [4.78, 5) is 14.7. The lowest BCUT2D eigenvalue weighted by Crippen LogP contribution is -2.15. The average molecular weight is 286 g/mol. The van der Waals surface area contributed by atoms with Crippen LogP contribution in [0.2, 0.25) is 0 Å². The van der Waals surface area contributed by atoms with E-state index in [2.05, 4.69) is 10.1 Å². The van der Waals surface area contributed by atoms with Crippen molar-refractivity contribution in [3.05, 3.63) is 35.7 Å². The van der Waals surface area contributed by atoms with Crippen LogP contribution in [0, 0.1) is 0 Å². The van der Waals surface area contributed by atoms with Crippen LogP contribution in [-0.2, 0) is 6.18 Å². The minimum Gasteiger partial charge on any atom is -0.364 e. The molecule has 0 aliphatic heterocycles. The van der Waals surface area contributed by atoms with E-state index in [-0.39, 0.29) is 17.3 Å². The number of hydrogen-bond acceptors (Lipinski definition) is 5. The molecule has 0 radical (unpaired) electrons. The smallest absolute Gasteiger partial charge is 0.364 e. The van der Waals surface area contributed by atoms with Gasteiger partial charge in [0.25, 0.3) is 5.91 Å². The molecular formula is C10H9F3N6O. The fourth-order valence-corrected chi connectivity index (χ4v) is 1.45. The zero-order valence-electron chi connectivity index (χ0n) is 9.85. The van der Waals surface area contributed by atoms with Crippen LogP contribution in [0.1, 0.15) is 16.1 Å². The molecule has 0 aliphatic rings. The summed E-state index contributed by atoms with van der Waals surface area (Å²) in [7, 11) is 0. The molecule has 0 saturated carbocycles. The molecule has 2 heterocycles. The molecule has 0 spiro atoms. The first-order valence-electron chi connectivity index (χ1n) is 5.23. The van der Waals surface area contributed by atoms with E-state index in [0.29, 0.717) is 0 Å². The molecule has 0 unspecified atom stereocenters. The van der Waals surface area contributed by atoms with Gasteiger partial charge in [-0.15, -0.1) is 0 Å². The van der Waals surface area contributed by atoms with Gasteiger partial charge in [-0.1, -0.05) is 0 Å². The van der Waals surface area contributed by atoms with E-state index in [1.165, 1.54) is 12.3 Å². The molecule has 0 saturated heterocycles. The van der Waals surface area contributed by atoms with Crippen LogP contribution >= 0.6 is 0 Å². The van der Waals surface area contributed by atoms with Crippen molar-refractivity contribution in [2.75, 3.05) is 5.43 Å². The summed E-state index contributed by atoms with van der Waals surface area (Å²) in [5, 5.41) is 3.72. The van der Waals surface area contributed by atoms with Crippen molar-refractivity contribution in [2.24, 2.45) is 11.6 Å². The summed E-state index contributed by atoms with van der Waals surface area (Å²) >= 11 is 0. The molecule has 106 valence electrons. The topological polar surface area (TPSA) is 112 Å². The van der Waals surface area contributed by atoms with E-state index in [1.807, 2.05) is 5.43 Å². The monoisotopic (exact) mass is 286 g/mol. The Morgan fingerprint density at radius 1 is 1.35 bits per heavy atom. The first-order chi connectivity index (χ1) is 9.31. The Labute approximate surface area is 110 Å². The standard InChI is InChI=1S/C10H9F3N6O/c11-10(12,13)5-3-7(17-15)16-8(4-5)19-2-1-6(18-19)9(14)20/h1-4H,15H2,(H2,14,20)(H,16,17). The summed E-state index contributed by atoms with van der Waals surface area (Å²) in [5.41, 5.74) is 6.00. The second-order valence-electron chi connectivity index (χ2n) is 3.75. The number of nitrogens with zero attached hydrogens (tertiary/aromatic N) is 3. The molecular weight excluding hydrogens is 277 g/mol. The molecule has 2 rings (SSSR count). The molecule has 10 heteroatoms. The maximum absolute atomic E-state index is 12.7. The molecule has 7 nitrogen and oxygen atoms in total. The van der Waals surface area contributed by atoms with Gasteiger partial charge in [0.1, 0.15) is 11.5 Å². The number of alkyl halides is 3. The Morgan fingerprint density at radius 3 is 2.55 bits per heavy atom. The van der Waals surface area contributed by atoms with Crippen LogP contribution in [-0.4, -0.2) is 20.7 Å². The van der Waals surface area contributed by atoms with Gasteiger partial charge in [-0.2, -0.15) is 18.3 Å². The summed E-state index contributed by atoms with van der Waals surface area (Å²) in [6.07, 6.45) is -3.30. The Hall–Kier alpha value is -2.62. The Bertz CT molecular complexity index is 651. The van der Waals surface area contributed by atoms with Crippen LogP contribution in [0.5, 0.6) is 0 Å². The first-order valence-corrected chi connectivity index (χ1v) is 5.23. The third kappa shape index (κ3) is 2.69. The second-order valence-corrected chi connectivity index (χ2v) is 3.75. The fourth-order valence-electron chi connectivity index (χ4n) is 1.45. The van der Waals surface area contributed by atoms with Crippen molar-refractivity contribution in [3.8, 4) is 5.82 Å². The normalized spacial score (nSPS) is 11.4. The van der Waals surface area contributed by atoms with E-state index in [0.717, 1.165) is 16.8 Å². The van der Waals surface area contributed by atoms with Gasteiger partial charge in [-0.25, -0.2) is 15.5 Å². The number of aromatic nitrogens is 3. The number of nitrogen functional groups attached to an aromatic ring is 1. The molecule has 0 aliphatic carbocycles. The SMILES string of the molecule is NNc1cc(C(F)(F)F)cc(-n2ccc(C(N)=O)n2)n1. The van der Waals surface area contributed by atoms with Crippen LogP contribution in [0.3, 0.4) is 0 Å². The third-order valence-electron chi connectivity index (χ3n) is 2.36. The number of rotatable bonds is 3. The molecule has 2 aromatic rings. The van der Waals surface area contributed by atoms with Crippen molar-refractivity contribution in [1.29, 1.82) is 0 Å². The number of hydrogen-bond donors (Lipinski definition) is 3. The summed E-state index contributed by atoms with van der Waals surface area (Å²) < 4.78 is 39.2. The molecule has 0 aromatic carbocycles. The number of carbonyl (C=O) groups excluding carboxylic acids is 1. The van der Waals surface area contributed by atoms with Gasteiger partial charge >= 0.3 is 6.18 Å². The number of carbonyl (C=O) groups is 1. The van der Waals surface area contributed by atoms with Gasteiger partial charge < -0.3 is 11.2 Å². The van der Waals surface area contributed by atoms with Crippen LogP contribution in [0.15, 0.2) is 24.4 Å². The molecule has 1 amide bonds. The van der Waals surface area contributed by atoms with Crippen molar-refractivity contribution >= 4 is 11.7 Å². The van der Waals surface area contributed by atoms with Gasteiger partial charge in [0.15, 0.2) is 5.82 Å². The number of nitrogens with one attached hydrogen (secondary N) is 1. The fraction of sp³-hybridized carbons (Fsp3) is 0.100. The molecule has 2 aromatic heterocycles.